The van der Waals surface area contributed by atoms with Crippen LogP contribution in [0.2, 0.25) is 0 Å². The van der Waals surface area contributed by atoms with E-state index in [9.17, 15) is 13.2 Å². The lowest BCUT2D eigenvalue weighted by atomic mass is 10.2. The summed E-state index contributed by atoms with van der Waals surface area (Å²) >= 11 is 0. The number of nitrogens with one attached hydrogen (secondary N) is 1. The highest BCUT2D eigenvalue weighted by Gasteiger charge is 2.10. The van der Waals surface area contributed by atoms with Crippen LogP contribution in [0.25, 0.3) is 0 Å². The predicted molar refractivity (Wildman–Crippen MR) is 51.0 cm³/mol. The van der Waals surface area contributed by atoms with E-state index in [1.165, 1.54) is 0 Å². The van der Waals surface area contributed by atoms with Gasteiger partial charge in [0.05, 0.1) is 11.8 Å². The largest absolute Gasteiger partial charge is 0.354 e. The van der Waals surface area contributed by atoms with Crippen molar-refractivity contribution in [2.45, 2.75) is 19.4 Å². The minimum absolute atomic E-state index is 0.0465. The Hall–Kier alpha value is -0.620. The third kappa shape index (κ3) is 6.53. The molecule has 0 aliphatic rings. The van der Waals surface area contributed by atoms with E-state index in [0.717, 1.165) is 6.26 Å². The molecule has 0 unspecified atom stereocenters. The molecule has 1 atom stereocenters. The molecule has 1 amide bonds. The molecule has 0 rings (SSSR count). The van der Waals surface area contributed by atoms with Gasteiger partial charge in [0.1, 0.15) is 9.84 Å². The minimum Gasteiger partial charge on any atom is -0.354 e. The molecule has 0 aromatic rings. The van der Waals surface area contributed by atoms with E-state index < -0.39 is 15.9 Å². The summed E-state index contributed by atoms with van der Waals surface area (Å²) < 4.78 is 21.3. The van der Waals surface area contributed by atoms with Gasteiger partial charge in [-0.1, -0.05) is 6.92 Å². The number of nitrogens with two attached hydrogens (primary N) is 1. The minimum atomic E-state index is -3.01. The van der Waals surface area contributed by atoms with Gasteiger partial charge in [-0.3, -0.25) is 4.79 Å². The van der Waals surface area contributed by atoms with Gasteiger partial charge in [0.2, 0.25) is 5.91 Å². The highest BCUT2D eigenvalue weighted by Crippen LogP contribution is 1.86. The molecule has 0 saturated heterocycles. The van der Waals surface area contributed by atoms with E-state index in [2.05, 4.69) is 5.32 Å². The molecule has 6 heteroatoms. The van der Waals surface area contributed by atoms with Gasteiger partial charge in [-0.25, -0.2) is 8.42 Å². The Kier molecular flexibility index (Phi) is 4.94. The van der Waals surface area contributed by atoms with Crippen LogP contribution in [-0.2, 0) is 14.6 Å². The van der Waals surface area contributed by atoms with Crippen molar-refractivity contribution in [1.29, 1.82) is 0 Å². The Morgan fingerprint density at radius 1 is 1.54 bits per heavy atom. The van der Waals surface area contributed by atoms with Crippen molar-refractivity contribution in [3.05, 3.63) is 0 Å². The molecule has 0 aromatic carbocycles. The van der Waals surface area contributed by atoms with Crippen molar-refractivity contribution in [3.8, 4) is 0 Å². The van der Waals surface area contributed by atoms with E-state index in [4.69, 9.17) is 5.73 Å². The Balaban J connectivity index is 3.72. The molecule has 5 nitrogen and oxygen atoms in total. The van der Waals surface area contributed by atoms with Crippen LogP contribution in [0.1, 0.15) is 13.3 Å². The Morgan fingerprint density at radius 3 is 2.46 bits per heavy atom. The molecule has 0 heterocycles. The molecule has 0 saturated carbocycles. The number of sulfone groups is 1. The van der Waals surface area contributed by atoms with Crippen molar-refractivity contribution in [2.24, 2.45) is 5.73 Å². The topological polar surface area (TPSA) is 89.3 Å². The highest BCUT2D eigenvalue weighted by atomic mass is 32.2. The second-order valence-electron chi connectivity index (χ2n) is 2.94. The van der Waals surface area contributed by atoms with Gasteiger partial charge < -0.3 is 11.1 Å². The van der Waals surface area contributed by atoms with Crippen LogP contribution in [0.15, 0.2) is 0 Å². The predicted octanol–water partition coefficient (Wildman–Crippen LogP) is -1.12. The second-order valence-corrected chi connectivity index (χ2v) is 5.20. The first kappa shape index (κ1) is 12.4. The van der Waals surface area contributed by atoms with Crippen molar-refractivity contribution in [3.63, 3.8) is 0 Å². The second kappa shape index (κ2) is 5.18. The number of rotatable bonds is 5. The average molecular weight is 208 g/mol. The summed E-state index contributed by atoms with van der Waals surface area (Å²) in [5.74, 6) is -0.346. The summed E-state index contributed by atoms with van der Waals surface area (Å²) in [6.07, 6.45) is 1.67. The zero-order chi connectivity index (χ0) is 10.5. The molecule has 0 aliphatic heterocycles. The van der Waals surface area contributed by atoms with Crippen LogP contribution in [0, 0.1) is 0 Å². The van der Waals surface area contributed by atoms with Gasteiger partial charge in [-0.05, 0) is 6.42 Å². The lowest BCUT2D eigenvalue weighted by Crippen LogP contribution is -2.41. The van der Waals surface area contributed by atoms with E-state index >= 15 is 0 Å². The summed E-state index contributed by atoms with van der Waals surface area (Å²) in [5.41, 5.74) is 5.40. The molecule has 0 aliphatic carbocycles. The maximum Gasteiger partial charge on any atom is 0.236 e. The highest BCUT2D eigenvalue weighted by molar-refractivity contribution is 7.90. The first-order valence-electron chi connectivity index (χ1n) is 4.08. The number of amides is 1. The van der Waals surface area contributed by atoms with Crippen molar-refractivity contribution in [1.82, 2.24) is 5.32 Å². The fraction of sp³-hybridized carbons (Fsp3) is 0.857. The normalized spacial score (nSPS) is 13.8. The maximum absolute atomic E-state index is 11.0. The van der Waals surface area contributed by atoms with Gasteiger partial charge >= 0.3 is 0 Å². The first-order valence-corrected chi connectivity index (χ1v) is 6.14. The summed E-state index contributed by atoms with van der Waals surface area (Å²) in [4.78, 5) is 11.0. The Bertz CT molecular complexity index is 261. The monoisotopic (exact) mass is 208 g/mol. The molecule has 0 fully saturated rings. The van der Waals surface area contributed by atoms with Crippen LogP contribution in [-0.4, -0.2) is 38.9 Å². The van der Waals surface area contributed by atoms with Crippen molar-refractivity contribution < 1.29 is 13.2 Å². The number of hydrogen-bond donors (Lipinski definition) is 2. The lowest BCUT2D eigenvalue weighted by molar-refractivity contribution is -0.122. The fourth-order valence-corrected chi connectivity index (χ4v) is 1.15. The third-order valence-electron chi connectivity index (χ3n) is 1.55. The van der Waals surface area contributed by atoms with Gasteiger partial charge in [-0.2, -0.15) is 0 Å². The summed E-state index contributed by atoms with van der Waals surface area (Å²) in [6, 6.07) is -0.542. The van der Waals surface area contributed by atoms with Crippen LogP contribution < -0.4 is 11.1 Å². The summed E-state index contributed by atoms with van der Waals surface area (Å²) in [5, 5.41) is 2.45. The Labute approximate surface area is 78.6 Å². The van der Waals surface area contributed by atoms with Gasteiger partial charge in [-0.15, -0.1) is 0 Å². The molecule has 0 bridgehead atoms. The average Bonchev–Trinajstić information content (AvgIpc) is 2.00. The van der Waals surface area contributed by atoms with Crippen LogP contribution in [0.5, 0.6) is 0 Å². The molecule has 78 valence electrons. The standard InChI is InChI=1S/C7H16N2O3S/c1-3-6(8)7(10)9-4-5-13(2,11)12/h6H,3-5,8H2,1-2H3,(H,9,10)/t6-/m1/s1. The molecular formula is C7H16N2O3S. The van der Waals surface area contributed by atoms with Gasteiger partial charge in [0.15, 0.2) is 0 Å². The quantitative estimate of drug-likeness (QED) is 0.599. The number of hydrogen-bond acceptors (Lipinski definition) is 4. The zero-order valence-corrected chi connectivity index (χ0v) is 8.73. The molecule has 0 spiro atoms. The summed E-state index contributed by atoms with van der Waals surface area (Å²) in [7, 11) is -3.01. The molecule has 13 heavy (non-hydrogen) atoms. The van der Waals surface area contributed by atoms with Crippen LogP contribution in [0.4, 0.5) is 0 Å². The van der Waals surface area contributed by atoms with Gasteiger partial charge in [0.25, 0.3) is 0 Å². The number of carbonyl (C=O) groups excluding carboxylic acids is 1. The summed E-state index contributed by atoms with van der Waals surface area (Å²) in [6.45, 7) is 1.92. The lowest BCUT2D eigenvalue weighted by Gasteiger charge is -2.08. The van der Waals surface area contributed by atoms with Crippen LogP contribution in [0.3, 0.4) is 0 Å². The first-order chi connectivity index (χ1) is 5.87. The zero-order valence-electron chi connectivity index (χ0n) is 7.91. The van der Waals surface area contributed by atoms with E-state index in [0.29, 0.717) is 6.42 Å². The number of carbonyl (C=O) groups is 1. The fourth-order valence-electron chi connectivity index (χ4n) is 0.676. The van der Waals surface area contributed by atoms with Crippen LogP contribution >= 0.6 is 0 Å². The van der Waals surface area contributed by atoms with Crippen molar-refractivity contribution in [2.75, 3.05) is 18.6 Å². The van der Waals surface area contributed by atoms with E-state index in [1.54, 1.807) is 6.92 Å². The molecule has 3 N–H and O–H groups in total. The molecule has 0 aromatic heterocycles. The molecule has 0 radical (unpaired) electrons. The third-order valence-corrected chi connectivity index (χ3v) is 2.49. The smallest absolute Gasteiger partial charge is 0.236 e. The maximum atomic E-state index is 11.0. The Morgan fingerprint density at radius 2 is 2.08 bits per heavy atom. The van der Waals surface area contributed by atoms with E-state index in [-0.39, 0.29) is 18.2 Å². The van der Waals surface area contributed by atoms with Gasteiger partial charge in [0, 0.05) is 12.8 Å². The SMILES string of the molecule is CC[C@@H](N)C(=O)NCCS(C)(=O)=O. The van der Waals surface area contributed by atoms with Crippen molar-refractivity contribution >= 4 is 15.7 Å². The van der Waals surface area contributed by atoms with E-state index in [1.807, 2.05) is 0 Å². The molecular weight excluding hydrogens is 192 g/mol.